The molecule has 0 aliphatic heterocycles. The molecule has 0 amide bonds. The number of anilines is 2. The monoisotopic (exact) mass is 294 g/mol. The van der Waals surface area contributed by atoms with Crippen LogP contribution in [0.5, 0.6) is 5.88 Å². The summed E-state index contributed by atoms with van der Waals surface area (Å²) in [7, 11) is 3.86. The van der Waals surface area contributed by atoms with Gasteiger partial charge >= 0.3 is 0 Å². The van der Waals surface area contributed by atoms with Crippen LogP contribution in [0, 0.1) is 5.92 Å². The minimum absolute atomic E-state index is 0.407. The third-order valence-electron chi connectivity index (χ3n) is 3.35. The number of hydrogen-bond acceptors (Lipinski definition) is 6. The van der Waals surface area contributed by atoms with Crippen molar-refractivity contribution in [2.45, 2.75) is 25.4 Å². The molecule has 1 saturated carbocycles. The number of aromatic nitrogens is 1. The highest BCUT2D eigenvalue weighted by Gasteiger charge is 2.23. The SMILES string of the molecule is CN(C)CC(C)(O)CNc1ccc(N)c(OCC2CC2)n1. The fourth-order valence-electron chi connectivity index (χ4n) is 2.16. The minimum atomic E-state index is -0.832. The predicted octanol–water partition coefficient (Wildman–Crippen LogP) is 1.18. The highest BCUT2D eigenvalue weighted by atomic mass is 16.5. The molecule has 1 aliphatic rings. The molecule has 0 saturated heterocycles. The van der Waals surface area contributed by atoms with Crippen LogP contribution >= 0.6 is 0 Å². The number of ether oxygens (including phenoxy) is 1. The Kier molecular flexibility index (Phi) is 4.90. The van der Waals surface area contributed by atoms with Crippen molar-refractivity contribution < 1.29 is 9.84 Å². The van der Waals surface area contributed by atoms with Crippen molar-refractivity contribution in [1.82, 2.24) is 9.88 Å². The van der Waals surface area contributed by atoms with E-state index in [0.29, 0.717) is 43.0 Å². The average molecular weight is 294 g/mol. The lowest BCUT2D eigenvalue weighted by Crippen LogP contribution is -2.43. The molecule has 1 heterocycles. The molecule has 1 atom stereocenters. The molecule has 1 fully saturated rings. The van der Waals surface area contributed by atoms with Gasteiger partial charge < -0.3 is 25.8 Å². The van der Waals surface area contributed by atoms with E-state index in [0.717, 1.165) is 0 Å². The molecule has 118 valence electrons. The van der Waals surface area contributed by atoms with Crippen LogP contribution in [0.25, 0.3) is 0 Å². The molecule has 0 spiro atoms. The van der Waals surface area contributed by atoms with Crippen molar-refractivity contribution in [3.8, 4) is 5.88 Å². The quantitative estimate of drug-likeness (QED) is 0.668. The number of nitrogens with two attached hydrogens (primary N) is 1. The second kappa shape index (κ2) is 6.49. The molecule has 4 N–H and O–H groups in total. The van der Waals surface area contributed by atoms with Gasteiger partial charge in [0.15, 0.2) is 0 Å². The number of aliphatic hydroxyl groups is 1. The normalized spacial score (nSPS) is 17.6. The number of nitrogens with zero attached hydrogens (tertiary/aromatic N) is 2. The molecule has 2 rings (SSSR count). The van der Waals surface area contributed by atoms with Crippen LogP contribution in [-0.4, -0.2) is 54.4 Å². The van der Waals surface area contributed by atoms with E-state index in [1.165, 1.54) is 12.8 Å². The topological polar surface area (TPSA) is 83.6 Å². The standard InChI is InChI=1S/C15H26N4O2/c1-15(20,10-19(2)3)9-17-13-7-6-12(16)14(18-13)21-8-11-4-5-11/h6-7,11,20H,4-5,8-10,16H2,1-3H3,(H,17,18). The molecule has 0 aromatic carbocycles. The number of nitrogen functional groups attached to an aromatic ring is 1. The Balaban J connectivity index is 1.91. The first-order chi connectivity index (χ1) is 9.85. The van der Waals surface area contributed by atoms with Crippen LogP contribution in [-0.2, 0) is 0 Å². The molecule has 0 bridgehead atoms. The average Bonchev–Trinajstić information content (AvgIpc) is 3.19. The summed E-state index contributed by atoms with van der Waals surface area (Å²) in [4.78, 5) is 6.32. The van der Waals surface area contributed by atoms with E-state index in [4.69, 9.17) is 10.5 Å². The molecule has 21 heavy (non-hydrogen) atoms. The molecule has 1 aliphatic carbocycles. The summed E-state index contributed by atoms with van der Waals surface area (Å²) in [6, 6.07) is 3.57. The number of hydrogen-bond donors (Lipinski definition) is 3. The highest BCUT2D eigenvalue weighted by Crippen LogP contribution is 2.30. The van der Waals surface area contributed by atoms with Gasteiger partial charge in [-0.3, -0.25) is 0 Å². The summed E-state index contributed by atoms with van der Waals surface area (Å²) >= 11 is 0. The van der Waals surface area contributed by atoms with E-state index in [1.54, 1.807) is 19.1 Å². The lowest BCUT2D eigenvalue weighted by atomic mass is 10.1. The first-order valence-corrected chi connectivity index (χ1v) is 7.36. The summed E-state index contributed by atoms with van der Waals surface area (Å²) in [6.07, 6.45) is 2.45. The molecule has 6 heteroatoms. The Hall–Kier alpha value is -1.53. The van der Waals surface area contributed by atoms with Gasteiger partial charge in [0, 0.05) is 13.1 Å². The zero-order valence-electron chi connectivity index (χ0n) is 13.1. The van der Waals surface area contributed by atoms with Crippen molar-refractivity contribution in [2.75, 3.05) is 44.8 Å². The molecular formula is C15H26N4O2. The van der Waals surface area contributed by atoms with Crippen LogP contribution in [0.3, 0.4) is 0 Å². The lowest BCUT2D eigenvalue weighted by molar-refractivity contribution is 0.0459. The largest absolute Gasteiger partial charge is 0.476 e. The maximum atomic E-state index is 10.3. The minimum Gasteiger partial charge on any atom is -0.476 e. The fraction of sp³-hybridized carbons (Fsp3) is 0.667. The summed E-state index contributed by atoms with van der Waals surface area (Å²) < 4.78 is 5.65. The van der Waals surface area contributed by atoms with Crippen LogP contribution in [0.2, 0.25) is 0 Å². The van der Waals surface area contributed by atoms with Gasteiger partial charge in [-0.05, 0) is 51.9 Å². The van der Waals surface area contributed by atoms with Crippen molar-refractivity contribution in [3.05, 3.63) is 12.1 Å². The van der Waals surface area contributed by atoms with Gasteiger partial charge in [0.2, 0.25) is 5.88 Å². The lowest BCUT2D eigenvalue weighted by Gasteiger charge is -2.27. The zero-order chi connectivity index (χ0) is 15.5. The van der Waals surface area contributed by atoms with Gasteiger partial charge in [0.05, 0.1) is 17.9 Å². The first kappa shape index (κ1) is 15.9. The van der Waals surface area contributed by atoms with E-state index >= 15 is 0 Å². The molecular weight excluding hydrogens is 268 g/mol. The van der Waals surface area contributed by atoms with Crippen molar-refractivity contribution in [3.63, 3.8) is 0 Å². The van der Waals surface area contributed by atoms with E-state index < -0.39 is 5.60 Å². The molecule has 0 radical (unpaired) electrons. The molecule has 1 aromatic heterocycles. The second-order valence-corrected chi connectivity index (χ2v) is 6.43. The Morgan fingerprint density at radius 3 is 2.81 bits per heavy atom. The summed E-state index contributed by atoms with van der Waals surface area (Å²) in [5.41, 5.74) is 5.58. The van der Waals surface area contributed by atoms with Crippen LogP contribution in [0.15, 0.2) is 12.1 Å². The highest BCUT2D eigenvalue weighted by molar-refractivity contribution is 5.53. The van der Waals surface area contributed by atoms with Gasteiger partial charge in [0.25, 0.3) is 0 Å². The van der Waals surface area contributed by atoms with E-state index in [2.05, 4.69) is 10.3 Å². The maximum Gasteiger partial charge on any atom is 0.239 e. The van der Waals surface area contributed by atoms with Crippen molar-refractivity contribution >= 4 is 11.5 Å². The van der Waals surface area contributed by atoms with Crippen LogP contribution in [0.1, 0.15) is 19.8 Å². The molecule has 6 nitrogen and oxygen atoms in total. The number of rotatable bonds is 8. The number of likely N-dealkylation sites (N-methyl/N-ethyl adjacent to an activating group) is 1. The van der Waals surface area contributed by atoms with Gasteiger partial charge in [0.1, 0.15) is 5.82 Å². The first-order valence-electron chi connectivity index (χ1n) is 7.36. The van der Waals surface area contributed by atoms with Gasteiger partial charge in [-0.15, -0.1) is 0 Å². The maximum absolute atomic E-state index is 10.3. The summed E-state index contributed by atoms with van der Waals surface area (Å²) in [6.45, 7) is 3.45. The Morgan fingerprint density at radius 2 is 2.19 bits per heavy atom. The Morgan fingerprint density at radius 1 is 1.48 bits per heavy atom. The summed E-state index contributed by atoms with van der Waals surface area (Å²) in [5.74, 6) is 1.79. The van der Waals surface area contributed by atoms with Crippen molar-refractivity contribution in [2.24, 2.45) is 5.92 Å². The molecule has 1 unspecified atom stereocenters. The van der Waals surface area contributed by atoms with Crippen LogP contribution in [0.4, 0.5) is 11.5 Å². The number of pyridine rings is 1. The predicted molar refractivity (Wildman–Crippen MR) is 84.5 cm³/mol. The smallest absolute Gasteiger partial charge is 0.239 e. The summed E-state index contributed by atoms with van der Waals surface area (Å²) in [5, 5.41) is 13.4. The van der Waals surface area contributed by atoms with E-state index in [1.807, 2.05) is 19.0 Å². The van der Waals surface area contributed by atoms with Gasteiger partial charge in [-0.25, -0.2) is 0 Å². The van der Waals surface area contributed by atoms with E-state index in [-0.39, 0.29) is 0 Å². The van der Waals surface area contributed by atoms with Crippen LogP contribution < -0.4 is 15.8 Å². The Labute approximate surface area is 126 Å². The third-order valence-corrected chi connectivity index (χ3v) is 3.35. The third kappa shape index (κ3) is 5.40. The second-order valence-electron chi connectivity index (χ2n) is 6.43. The number of nitrogens with one attached hydrogen (secondary N) is 1. The zero-order valence-corrected chi connectivity index (χ0v) is 13.1. The Bertz CT molecular complexity index is 473. The van der Waals surface area contributed by atoms with Crippen molar-refractivity contribution in [1.29, 1.82) is 0 Å². The fourth-order valence-corrected chi connectivity index (χ4v) is 2.16. The van der Waals surface area contributed by atoms with Gasteiger partial charge in [-0.2, -0.15) is 4.98 Å². The van der Waals surface area contributed by atoms with Gasteiger partial charge in [-0.1, -0.05) is 0 Å². The van der Waals surface area contributed by atoms with E-state index in [9.17, 15) is 5.11 Å². The molecule has 1 aromatic rings.